The van der Waals surface area contributed by atoms with E-state index in [2.05, 4.69) is 5.32 Å². The number of amides is 3. The molecule has 0 aliphatic carbocycles. The number of nitrogens with zero attached hydrogens (tertiary/aromatic N) is 2. The van der Waals surface area contributed by atoms with Crippen molar-refractivity contribution in [3.05, 3.63) is 0 Å². The smallest absolute Gasteiger partial charge is 0.318 e. The van der Waals surface area contributed by atoms with E-state index in [1.165, 1.54) is 7.11 Å². The maximum Gasteiger partial charge on any atom is 0.318 e. The fraction of sp³-hybridized carbons (Fsp3) is 0.812. The molecule has 2 fully saturated rings. The Hall–Kier alpha value is -1.83. The molecule has 0 aromatic heterocycles. The van der Waals surface area contributed by atoms with Gasteiger partial charge in [0.15, 0.2) is 0 Å². The van der Waals surface area contributed by atoms with E-state index < -0.39 is 17.4 Å². The van der Waals surface area contributed by atoms with E-state index in [4.69, 9.17) is 4.74 Å². The van der Waals surface area contributed by atoms with E-state index in [-0.39, 0.29) is 31.1 Å². The monoisotopic (exact) mass is 341 g/mol. The highest BCUT2D eigenvalue weighted by Gasteiger charge is 2.48. The van der Waals surface area contributed by atoms with Crippen molar-refractivity contribution < 1.29 is 24.2 Å². The van der Waals surface area contributed by atoms with Gasteiger partial charge in [-0.1, -0.05) is 0 Å². The van der Waals surface area contributed by atoms with Crippen molar-refractivity contribution in [2.24, 2.45) is 5.41 Å². The third kappa shape index (κ3) is 3.63. The number of urea groups is 1. The molecule has 2 aliphatic heterocycles. The van der Waals surface area contributed by atoms with Crippen LogP contribution >= 0.6 is 0 Å². The number of ether oxygens (including phenoxy) is 1. The molecule has 24 heavy (non-hydrogen) atoms. The van der Waals surface area contributed by atoms with Gasteiger partial charge in [-0.3, -0.25) is 9.59 Å². The van der Waals surface area contributed by atoms with Crippen molar-refractivity contribution in [3.8, 4) is 0 Å². The van der Waals surface area contributed by atoms with Gasteiger partial charge in [0.1, 0.15) is 11.5 Å². The van der Waals surface area contributed by atoms with E-state index in [0.717, 1.165) is 6.42 Å². The molecule has 0 saturated carbocycles. The number of hydrogen-bond acceptors (Lipinski definition) is 4. The van der Waals surface area contributed by atoms with E-state index >= 15 is 0 Å². The predicted octanol–water partition coefficient (Wildman–Crippen LogP) is 0.519. The van der Waals surface area contributed by atoms with Crippen LogP contribution in [0.1, 0.15) is 33.1 Å². The van der Waals surface area contributed by atoms with Crippen LogP contribution in [-0.4, -0.2) is 78.2 Å². The minimum Gasteiger partial charge on any atom is -0.481 e. The molecule has 0 spiro atoms. The maximum absolute atomic E-state index is 12.8. The van der Waals surface area contributed by atoms with Gasteiger partial charge in [-0.15, -0.1) is 0 Å². The first-order valence-corrected chi connectivity index (χ1v) is 8.39. The Kier molecular flexibility index (Phi) is 5.69. The SMILES string of the molecule is COC[C@]1(C(=O)O)CCN(C(=O)[C@@H]2CCCN2C(=O)NC(C)C)C1. The van der Waals surface area contributed by atoms with Crippen LogP contribution in [0.4, 0.5) is 4.79 Å². The third-order valence-corrected chi connectivity index (χ3v) is 4.75. The molecule has 2 atom stereocenters. The molecule has 3 amide bonds. The summed E-state index contributed by atoms with van der Waals surface area (Å²) in [6, 6.07) is -0.737. The summed E-state index contributed by atoms with van der Waals surface area (Å²) in [6.07, 6.45) is 1.76. The molecule has 0 aromatic carbocycles. The number of rotatable bonds is 5. The second-order valence-corrected chi connectivity index (χ2v) is 6.98. The van der Waals surface area contributed by atoms with Gasteiger partial charge in [-0.05, 0) is 33.1 Å². The van der Waals surface area contributed by atoms with Gasteiger partial charge in [-0.2, -0.15) is 0 Å². The summed E-state index contributed by atoms with van der Waals surface area (Å²) in [7, 11) is 1.46. The topological polar surface area (TPSA) is 99.2 Å². The summed E-state index contributed by atoms with van der Waals surface area (Å²) < 4.78 is 5.05. The number of carboxylic acid groups (broad SMARTS) is 1. The first-order valence-electron chi connectivity index (χ1n) is 8.39. The number of carbonyl (C=O) groups excluding carboxylic acids is 2. The molecule has 0 unspecified atom stereocenters. The standard InChI is InChI=1S/C16H27N3O5/c1-11(2)17-15(23)19-7-4-5-12(19)13(20)18-8-6-16(9-18,10-24-3)14(21)22/h11-12H,4-10H2,1-3H3,(H,17,23)(H,21,22)/t12-,16-/m0/s1. The lowest BCUT2D eigenvalue weighted by atomic mass is 9.88. The molecule has 2 saturated heterocycles. The van der Waals surface area contributed by atoms with Crippen LogP contribution in [0.25, 0.3) is 0 Å². The molecular weight excluding hydrogens is 314 g/mol. The first kappa shape index (κ1) is 18.5. The lowest BCUT2D eigenvalue weighted by Gasteiger charge is -2.29. The van der Waals surface area contributed by atoms with Crippen molar-refractivity contribution >= 4 is 17.9 Å². The van der Waals surface area contributed by atoms with Crippen molar-refractivity contribution in [1.29, 1.82) is 0 Å². The Bertz CT molecular complexity index is 510. The predicted molar refractivity (Wildman–Crippen MR) is 86.5 cm³/mol. The largest absolute Gasteiger partial charge is 0.481 e. The zero-order valence-corrected chi connectivity index (χ0v) is 14.6. The van der Waals surface area contributed by atoms with Gasteiger partial charge in [0.25, 0.3) is 0 Å². The minimum atomic E-state index is -1.05. The number of nitrogens with one attached hydrogen (secondary N) is 1. The molecule has 2 aliphatic rings. The maximum atomic E-state index is 12.8. The fourth-order valence-electron chi connectivity index (χ4n) is 3.50. The Balaban J connectivity index is 2.06. The summed E-state index contributed by atoms with van der Waals surface area (Å²) in [5.74, 6) is -1.11. The van der Waals surface area contributed by atoms with Crippen molar-refractivity contribution in [1.82, 2.24) is 15.1 Å². The summed E-state index contributed by atoms with van der Waals surface area (Å²) in [5, 5.41) is 12.3. The number of carbonyl (C=O) groups is 3. The molecule has 8 nitrogen and oxygen atoms in total. The van der Waals surface area contributed by atoms with Gasteiger partial charge >= 0.3 is 12.0 Å². The number of aliphatic carboxylic acids is 1. The molecule has 2 rings (SSSR count). The highest BCUT2D eigenvalue weighted by Crippen LogP contribution is 2.33. The fourth-order valence-corrected chi connectivity index (χ4v) is 3.50. The van der Waals surface area contributed by atoms with Crippen LogP contribution in [0.3, 0.4) is 0 Å². The van der Waals surface area contributed by atoms with Gasteiger partial charge in [0.05, 0.1) is 6.61 Å². The van der Waals surface area contributed by atoms with E-state index in [1.807, 2.05) is 13.8 Å². The second kappa shape index (κ2) is 7.38. The molecule has 136 valence electrons. The molecular formula is C16H27N3O5. The van der Waals surface area contributed by atoms with Gasteiger partial charge in [-0.25, -0.2) is 4.79 Å². The summed E-state index contributed by atoms with van der Waals surface area (Å²) in [6.45, 7) is 4.88. The Labute approximate surface area is 142 Å². The summed E-state index contributed by atoms with van der Waals surface area (Å²) in [4.78, 5) is 39.8. The highest BCUT2D eigenvalue weighted by atomic mass is 16.5. The van der Waals surface area contributed by atoms with E-state index in [9.17, 15) is 19.5 Å². The molecule has 0 radical (unpaired) electrons. The van der Waals surface area contributed by atoms with E-state index in [0.29, 0.717) is 25.9 Å². The molecule has 8 heteroatoms. The highest BCUT2D eigenvalue weighted by molar-refractivity contribution is 5.89. The lowest BCUT2D eigenvalue weighted by Crippen LogP contribution is -2.52. The number of methoxy groups -OCH3 is 1. The average molecular weight is 341 g/mol. The molecule has 0 aromatic rings. The zero-order chi connectivity index (χ0) is 17.9. The van der Waals surface area contributed by atoms with Crippen LogP contribution in [0.15, 0.2) is 0 Å². The molecule has 2 N–H and O–H groups in total. The van der Waals surface area contributed by atoms with Gasteiger partial charge in [0.2, 0.25) is 5.91 Å². The van der Waals surface area contributed by atoms with Crippen LogP contribution in [0.5, 0.6) is 0 Å². The third-order valence-electron chi connectivity index (χ3n) is 4.75. The molecule has 0 bridgehead atoms. The minimum absolute atomic E-state index is 0.00185. The van der Waals surface area contributed by atoms with Crippen LogP contribution in [0, 0.1) is 5.41 Å². The Morgan fingerprint density at radius 2 is 2.04 bits per heavy atom. The zero-order valence-electron chi connectivity index (χ0n) is 14.6. The van der Waals surface area contributed by atoms with Crippen LogP contribution in [-0.2, 0) is 14.3 Å². The second-order valence-electron chi connectivity index (χ2n) is 6.98. The normalized spacial score (nSPS) is 26.9. The average Bonchev–Trinajstić information content (AvgIpc) is 3.13. The van der Waals surface area contributed by atoms with Crippen LogP contribution in [0.2, 0.25) is 0 Å². The van der Waals surface area contributed by atoms with Crippen molar-refractivity contribution in [2.75, 3.05) is 33.4 Å². The number of likely N-dealkylation sites (tertiary alicyclic amines) is 2. The Morgan fingerprint density at radius 3 is 2.62 bits per heavy atom. The molecule has 2 heterocycles. The first-order chi connectivity index (χ1) is 11.3. The van der Waals surface area contributed by atoms with Gasteiger partial charge in [0, 0.05) is 32.8 Å². The summed E-state index contributed by atoms with van der Waals surface area (Å²) >= 11 is 0. The summed E-state index contributed by atoms with van der Waals surface area (Å²) in [5.41, 5.74) is -1.05. The number of carboxylic acids is 1. The quantitative estimate of drug-likeness (QED) is 0.759. The van der Waals surface area contributed by atoms with E-state index in [1.54, 1.807) is 9.80 Å². The lowest BCUT2D eigenvalue weighted by molar-refractivity contribution is -0.151. The van der Waals surface area contributed by atoms with Crippen LogP contribution < -0.4 is 5.32 Å². The van der Waals surface area contributed by atoms with Crippen molar-refractivity contribution in [2.45, 2.75) is 45.2 Å². The number of hydrogen-bond donors (Lipinski definition) is 2. The van der Waals surface area contributed by atoms with Gasteiger partial charge < -0.3 is 25.0 Å². The Morgan fingerprint density at radius 1 is 1.33 bits per heavy atom. The van der Waals surface area contributed by atoms with Crippen molar-refractivity contribution in [3.63, 3.8) is 0 Å².